The molecule has 0 atom stereocenters. The van der Waals surface area contributed by atoms with Gasteiger partial charge in [-0.1, -0.05) is 32.2 Å². The van der Waals surface area contributed by atoms with E-state index >= 15 is 0 Å². The van der Waals surface area contributed by atoms with E-state index in [1.807, 2.05) is 24.0 Å². The fourth-order valence-corrected chi connectivity index (χ4v) is 8.41. The Hall–Kier alpha value is -4.58. The predicted molar refractivity (Wildman–Crippen MR) is 194 cm³/mol. The van der Waals surface area contributed by atoms with Crippen molar-refractivity contribution in [3.8, 4) is 22.9 Å². The van der Waals surface area contributed by atoms with Gasteiger partial charge in [0.05, 0.1) is 11.7 Å². The molecule has 268 valence electrons. The van der Waals surface area contributed by atoms with Crippen molar-refractivity contribution in [3.05, 3.63) is 54.8 Å². The summed E-state index contributed by atoms with van der Waals surface area (Å²) in [6.07, 6.45) is 7.03. The summed E-state index contributed by atoms with van der Waals surface area (Å²) in [5.74, 6) is -1.64. The molecule has 4 aliphatic rings. The molecule has 12 heteroatoms. The second kappa shape index (κ2) is 12.9. The summed E-state index contributed by atoms with van der Waals surface area (Å²) in [4.78, 5) is 28.9. The number of nitrogens with zero attached hydrogens (tertiary/aromatic N) is 6. The van der Waals surface area contributed by atoms with E-state index in [-0.39, 0.29) is 36.3 Å². The van der Waals surface area contributed by atoms with Crippen LogP contribution in [0.25, 0.3) is 39.0 Å². The molecule has 0 radical (unpaired) electrons. The third-order valence-corrected chi connectivity index (χ3v) is 11.5. The Labute approximate surface area is 296 Å². The van der Waals surface area contributed by atoms with Gasteiger partial charge in [-0.25, -0.2) is 8.78 Å². The first-order valence-corrected chi connectivity index (χ1v) is 18.1. The lowest BCUT2D eigenvalue weighted by Crippen LogP contribution is -2.61. The Morgan fingerprint density at radius 2 is 1.76 bits per heavy atom. The first-order valence-electron chi connectivity index (χ1n) is 18.1. The summed E-state index contributed by atoms with van der Waals surface area (Å²) >= 11 is 0. The highest BCUT2D eigenvalue weighted by Crippen LogP contribution is 2.50. The van der Waals surface area contributed by atoms with Crippen LogP contribution < -0.4 is 14.4 Å². The van der Waals surface area contributed by atoms with Gasteiger partial charge in [-0.15, -0.1) is 0 Å². The second-order valence-corrected chi connectivity index (χ2v) is 14.8. The summed E-state index contributed by atoms with van der Waals surface area (Å²) < 4.78 is 41.8. The minimum Gasteiger partial charge on any atom is -0.487 e. The molecule has 10 nitrogen and oxygen atoms in total. The number of piperidine rings is 2. The number of benzene rings is 2. The van der Waals surface area contributed by atoms with Crippen LogP contribution >= 0.6 is 0 Å². The van der Waals surface area contributed by atoms with E-state index in [0.717, 1.165) is 116 Å². The number of H-pyrrole nitrogens is 1. The number of hydrogen-bond donors (Lipinski definition) is 1. The summed E-state index contributed by atoms with van der Waals surface area (Å²) in [6, 6.07) is 6.31. The summed E-state index contributed by atoms with van der Waals surface area (Å²) in [5, 5.41) is 9.03. The number of halogens is 2. The standard InChI is InChI=1S/C39H45F2N7O3/c1-5-25-18-28-34(35(50-27-19-39(40,41)20-27)33(25)32-24(4)8-9-30-29(32)21-42-45-30)43-37(51-26-10-14-46(7-3)15-11-26)44-36(28)47-16-12-38(13-17-47)22-48(23-38)31(49)6-2/h5-6,8-9,18,21,26-27H,1-2,7,10-17,19-20,22-23H2,3-4H3,(H,42,45). The molecule has 5 heterocycles. The van der Waals surface area contributed by atoms with Gasteiger partial charge in [0.25, 0.3) is 5.92 Å². The van der Waals surface area contributed by atoms with E-state index in [9.17, 15) is 13.6 Å². The number of hydrogen-bond acceptors (Lipinski definition) is 8. The van der Waals surface area contributed by atoms with Gasteiger partial charge < -0.3 is 24.2 Å². The molecule has 2 aromatic carbocycles. The number of nitrogens with one attached hydrogen (secondary N) is 1. The van der Waals surface area contributed by atoms with Crippen LogP contribution in [0.3, 0.4) is 0 Å². The van der Waals surface area contributed by atoms with Gasteiger partial charge >= 0.3 is 6.01 Å². The minimum absolute atomic E-state index is 0.0257. The van der Waals surface area contributed by atoms with Crippen LogP contribution in [0.2, 0.25) is 0 Å². The van der Waals surface area contributed by atoms with Crippen LogP contribution in [0.1, 0.15) is 56.6 Å². The van der Waals surface area contributed by atoms with E-state index in [1.165, 1.54) is 6.08 Å². The first-order chi connectivity index (χ1) is 24.6. The Bertz CT molecular complexity index is 2000. The molecule has 1 saturated carbocycles. The number of aryl methyl sites for hydroxylation is 1. The van der Waals surface area contributed by atoms with Crippen LogP contribution in [0, 0.1) is 12.3 Å². The molecule has 0 bridgehead atoms. The van der Waals surface area contributed by atoms with E-state index in [1.54, 1.807) is 12.3 Å². The van der Waals surface area contributed by atoms with Gasteiger partial charge in [-0.2, -0.15) is 15.1 Å². The average molecular weight is 698 g/mol. The third kappa shape index (κ3) is 6.11. The van der Waals surface area contributed by atoms with Crippen molar-refractivity contribution in [2.45, 2.75) is 70.5 Å². The first kappa shape index (κ1) is 33.6. The van der Waals surface area contributed by atoms with E-state index < -0.39 is 12.0 Å². The number of fused-ring (bicyclic) bond motifs is 2. The largest absolute Gasteiger partial charge is 0.487 e. The third-order valence-electron chi connectivity index (χ3n) is 11.5. The number of carbonyl (C=O) groups is 1. The summed E-state index contributed by atoms with van der Waals surface area (Å²) in [5.41, 5.74) is 4.86. The molecule has 1 N–H and O–H groups in total. The quantitative estimate of drug-likeness (QED) is 0.191. The van der Waals surface area contributed by atoms with Gasteiger partial charge in [-0.05, 0) is 74.1 Å². The number of ether oxygens (including phenoxy) is 2. The lowest BCUT2D eigenvalue weighted by molar-refractivity contribution is -0.139. The number of rotatable bonds is 9. The number of anilines is 1. The molecule has 4 aromatic rings. The highest BCUT2D eigenvalue weighted by Gasteiger charge is 2.48. The van der Waals surface area contributed by atoms with Crippen LogP contribution in [0.5, 0.6) is 11.8 Å². The van der Waals surface area contributed by atoms with Crippen LogP contribution in [-0.4, -0.2) is 99.8 Å². The normalized spacial score (nSPS) is 20.7. The zero-order chi connectivity index (χ0) is 35.5. The molecule has 3 saturated heterocycles. The SMILES string of the molecule is C=CC(=O)N1CC2(CCN(c3nc(OC4CCN(CC)CC4)nc4c(OC5CC(F)(F)C5)c(-c5c(C)ccc6[nH]ncc56)c(C=C)cc34)CC2)C1. The zero-order valence-corrected chi connectivity index (χ0v) is 29.4. The molecule has 1 amide bonds. The van der Waals surface area contributed by atoms with Crippen molar-refractivity contribution < 1.29 is 23.0 Å². The molecule has 4 fully saturated rings. The maximum atomic E-state index is 14.3. The van der Waals surface area contributed by atoms with Gasteiger partial charge in [0.1, 0.15) is 23.5 Å². The monoisotopic (exact) mass is 697 g/mol. The van der Waals surface area contributed by atoms with E-state index in [0.29, 0.717) is 11.3 Å². The Kier molecular flexibility index (Phi) is 8.47. The molecule has 51 heavy (non-hydrogen) atoms. The van der Waals surface area contributed by atoms with Crippen LogP contribution in [0.15, 0.2) is 43.6 Å². The fraction of sp³-hybridized carbons (Fsp3) is 0.487. The number of likely N-dealkylation sites (tertiary alicyclic amines) is 2. The zero-order valence-electron chi connectivity index (χ0n) is 29.4. The van der Waals surface area contributed by atoms with Crippen molar-refractivity contribution in [3.63, 3.8) is 0 Å². The molecular formula is C39H45F2N7O3. The molecule has 1 spiro atoms. The number of aromatic nitrogens is 4. The molecule has 0 unspecified atom stereocenters. The summed E-state index contributed by atoms with van der Waals surface area (Å²) in [6.45, 7) is 17.8. The van der Waals surface area contributed by atoms with Crippen LogP contribution in [0.4, 0.5) is 14.6 Å². The van der Waals surface area contributed by atoms with Crippen molar-refractivity contribution in [1.29, 1.82) is 0 Å². The maximum Gasteiger partial charge on any atom is 0.319 e. The topological polar surface area (TPSA) is 99.7 Å². The second-order valence-electron chi connectivity index (χ2n) is 14.8. The van der Waals surface area contributed by atoms with Crippen molar-refractivity contribution in [2.24, 2.45) is 5.41 Å². The van der Waals surface area contributed by atoms with Gasteiger partial charge in [0.2, 0.25) is 5.91 Å². The summed E-state index contributed by atoms with van der Waals surface area (Å²) in [7, 11) is 0. The van der Waals surface area contributed by atoms with Crippen molar-refractivity contribution >= 4 is 39.6 Å². The molecule has 1 aliphatic carbocycles. The number of carbonyl (C=O) groups excluding carboxylic acids is 1. The van der Waals surface area contributed by atoms with Crippen molar-refractivity contribution in [2.75, 3.05) is 50.7 Å². The maximum absolute atomic E-state index is 14.3. The van der Waals surface area contributed by atoms with Gasteiger partial charge in [0, 0.05) is 73.9 Å². The highest BCUT2D eigenvalue weighted by molar-refractivity contribution is 6.07. The van der Waals surface area contributed by atoms with Gasteiger partial charge in [-0.3, -0.25) is 9.89 Å². The fourth-order valence-electron chi connectivity index (χ4n) is 8.41. The smallest absolute Gasteiger partial charge is 0.319 e. The van der Waals surface area contributed by atoms with Gasteiger partial charge in [0.15, 0.2) is 5.75 Å². The molecule has 2 aromatic heterocycles. The minimum atomic E-state index is -2.77. The molecule has 8 rings (SSSR count). The highest BCUT2D eigenvalue weighted by atomic mass is 19.3. The predicted octanol–water partition coefficient (Wildman–Crippen LogP) is 6.78. The Balaban J connectivity index is 1.26. The van der Waals surface area contributed by atoms with Crippen molar-refractivity contribution in [1.82, 2.24) is 30.0 Å². The molecular weight excluding hydrogens is 652 g/mol. The van der Waals surface area contributed by atoms with Crippen LogP contribution in [-0.2, 0) is 4.79 Å². The number of amides is 1. The lowest BCUT2D eigenvalue weighted by Gasteiger charge is -2.54. The van der Waals surface area contributed by atoms with E-state index in [2.05, 4.69) is 46.1 Å². The molecule has 3 aliphatic heterocycles. The van der Waals surface area contributed by atoms with E-state index in [4.69, 9.17) is 19.4 Å². The Morgan fingerprint density at radius 3 is 2.43 bits per heavy atom. The Morgan fingerprint density at radius 1 is 1.02 bits per heavy atom. The lowest BCUT2D eigenvalue weighted by atomic mass is 9.72. The number of aromatic amines is 1. The average Bonchev–Trinajstić information content (AvgIpc) is 3.59. The number of alkyl halides is 2.